The van der Waals surface area contributed by atoms with Crippen LogP contribution in [0.1, 0.15) is 15.4 Å². The second-order valence-electron chi connectivity index (χ2n) is 4.63. The van der Waals surface area contributed by atoms with Crippen molar-refractivity contribution in [2.24, 2.45) is 0 Å². The molecule has 3 heterocycles. The zero-order valence-electron chi connectivity index (χ0n) is 12.1. The molecule has 0 radical (unpaired) electrons. The SMILES string of the molecule is Cc1ccc(-c2nc(NC(=O)CNC(=O)c3cccs3)n[nH]2)o1. The number of aryl methyl sites for hydroxylation is 1. The third-order valence-corrected chi connectivity index (χ3v) is 3.73. The number of nitrogens with zero attached hydrogens (tertiary/aromatic N) is 2. The third kappa shape index (κ3) is 3.64. The monoisotopic (exact) mass is 331 g/mol. The van der Waals surface area contributed by atoms with Gasteiger partial charge in [-0.3, -0.25) is 20.0 Å². The lowest BCUT2D eigenvalue weighted by molar-refractivity contribution is -0.115. The van der Waals surface area contributed by atoms with E-state index in [2.05, 4.69) is 25.8 Å². The molecule has 0 aliphatic heterocycles. The summed E-state index contributed by atoms with van der Waals surface area (Å²) in [6, 6.07) is 7.01. The minimum absolute atomic E-state index is 0.115. The van der Waals surface area contributed by atoms with Gasteiger partial charge >= 0.3 is 0 Å². The number of carbonyl (C=O) groups excluding carboxylic acids is 2. The largest absolute Gasteiger partial charge is 0.458 e. The molecule has 0 aromatic carbocycles. The molecule has 0 saturated heterocycles. The Morgan fingerprint density at radius 3 is 2.91 bits per heavy atom. The van der Waals surface area contributed by atoms with Gasteiger partial charge in [0, 0.05) is 0 Å². The van der Waals surface area contributed by atoms with Gasteiger partial charge in [0.2, 0.25) is 11.9 Å². The van der Waals surface area contributed by atoms with E-state index < -0.39 is 5.91 Å². The van der Waals surface area contributed by atoms with Crippen LogP contribution in [0, 0.1) is 6.92 Å². The lowest BCUT2D eigenvalue weighted by Crippen LogP contribution is -2.32. The fraction of sp³-hybridized carbons (Fsp3) is 0.143. The lowest BCUT2D eigenvalue weighted by Gasteiger charge is -2.02. The van der Waals surface area contributed by atoms with E-state index in [1.807, 2.05) is 6.92 Å². The second kappa shape index (κ2) is 6.44. The first-order valence-electron chi connectivity index (χ1n) is 6.72. The molecule has 9 heteroatoms. The smallest absolute Gasteiger partial charge is 0.261 e. The van der Waals surface area contributed by atoms with Crippen molar-refractivity contribution >= 4 is 29.1 Å². The molecule has 0 spiro atoms. The van der Waals surface area contributed by atoms with Crippen molar-refractivity contribution < 1.29 is 14.0 Å². The van der Waals surface area contributed by atoms with E-state index in [1.165, 1.54) is 11.3 Å². The summed E-state index contributed by atoms with van der Waals surface area (Å²) < 4.78 is 5.41. The molecule has 0 fully saturated rings. The molecule has 0 aliphatic rings. The molecule has 2 amide bonds. The van der Waals surface area contributed by atoms with Gasteiger partial charge in [-0.2, -0.15) is 4.98 Å². The zero-order valence-corrected chi connectivity index (χ0v) is 12.9. The molecule has 3 rings (SSSR count). The highest BCUT2D eigenvalue weighted by atomic mass is 32.1. The van der Waals surface area contributed by atoms with E-state index in [9.17, 15) is 9.59 Å². The number of aromatic amines is 1. The molecule has 3 aromatic heterocycles. The van der Waals surface area contributed by atoms with Crippen LogP contribution in [0.2, 0.25) is 0 Å². The van der Waals surface area contributed by atoms with E-state index >= 15 is 0 Å². The Morgan fingerprint density at radius 2 is 2.22 bits per heavy atom. The van der Waals surface area contributed by atoms with Crippen LogP contribution >= 0.6 is 11.3 Å². The Bertz CT molecular complexity index is 821. The van der Waals surface area contributed by atoms with Gasteiger partial charge in [0.25, 0.3) is 5.91 Å². The zero-order chi connectivity index (χ0) is 16.2. The summed E-state index contributed by atoms with van der Waals surface area (Å²) in [7, 11) is 0. The fourth-order valence-electron chi connectivity index (χ4n) is 1.81. The normalized spacial score (nSPS) is 10.5. The first-order valence-corrected chi connectivity index (χ1v) is 7.60. The summed E-state index contributed by atoms with van der Waals surface area (Å²) in [6.07, 6.45) is 0. The lowest BCUT2D eigenvalue weighted by atomic mass is 10.4. The molecule has 0 aliphatic carbocycles. The molecule has 0 saturated carbocycles. The van der Waals surface area contributed by atoms with Crippen LogP contribution in [-0.2, 0) is 4.79 Å². The number of aromatic nitrogens is 3. The molecule has 23 heavy (non-hydrogen) atoms. The Kier molecular flexibility index (Phi) is 4.20. The quantitative estimate of drug-likeness (QED) is 0.660. The molecule has 8 nitrogen and oxygen atoms in total. The van der Waals surface area contributed by atoms with Crippen LogP contribution in [0.3, 0.4) is 0 Å². The number of furan rings is 1. The highest BCUT2D eigenvalue weighted by Crippen LogP contribution is 2.18. The van der Waals surface area contributed by atoms with Crippen molar-refractivity contribution in [3.8, 4) is 11.6 Å². The number of anilines is 1. The van der Waals surface area contributed by atoms with Crippen molar-refractivity contribution in [3.63, 3.8) is 0 Å². The van der Waals surface area contributed by atoms with Crippen LogP contribution in [-0.4, -0.2) is 33.5 Å². The van der Waals surface area contributed by atoms with Crippen molar-refractivity contribution in [2.45, 2.75) is 6.92 Å². The van der Waals surface area contributed by atoms with Gasteiger partial charge in [0.1, 0.15) is 5.76 Å². The summed E-state index contributed by atoms with van der Waals surface area (Å²) in [5.74, 6) is 1.09. The van der Waals surface area contributed by atoms with Crippen LogP contribution in [0.4, 0.5) is 5.95 Å². The fourth-order valence-corrected chi connectivity index (χ4v) is 2.45. The average molecular weight is 331 g/mol. The van der Waals surface area contributed by atoms with E-state index in [0.717, 1.165) is 5.76 Å². The molecule has 3 N–H and O–H groups in total. The summed E-state index contributed by atoms with van der Waals surface area (Å²) in [6.45, 7) is 1.65. The maximum absolute atomic E-state index is 11.8. The first-order chi connectivity index (χ1) is 11.1. The summed E-state index contributed by atoms with van der Waals surface area (Å²) in [5, 5.41) is 13.4. The van der Waals surface area contributed by atoms with E-state index in [4.69, 9.17) is 4.42 Å². The summed E-state index contributed by atoms with van der Waals surface area (Å²) in [5.41, 5.74) is 0. The number of hydrogen-bond donors (Lipinski definition) is 3. The van der Waals surface area contributed by atoms with Crippen molar-refractivity contribution in [3.05, 3.63) is 40.3 Å². The Hall–Kier alpha value is -2.94. The molecule has 0 atom stereocenters. The predicted molar refractivity (Wildman–Crippen MR) is 84.1 cm³/mol. The number of thiophene rings is 1. The van der Waals surface area contributed by atoms with Gasteiger partial charge in [0.15, 0.2) is 11.6 Å². The van der Waals surface area contributed by atoms with Crippen LogP contribution in [0.15, 0.2) is 34.1 Å². The highest BCUT2D eigenvalue weighted by molar-refractivity contribution is 7.12. The number of amides is 2. The minimum atomic E-state index is -0.420. The van der Waals surface area contributed by atoms with Crippen molar-refractivity contribution in [1.29, 1.82) is 0 Å². The average Bonchev–Trinajstić information content (AvgIpc) is 3.25. The maximum Gasteiger partial charge on any atom is 0.261 e. The number of nitrogens with one attached hydrogen (secondary N) is 3. The topological polar surface area (TPSA) is 113 Å². The van der Waals surface area contributed by atoms with E-state index in [1.54, 1.807) is 29.6 Å². The summed E-state index contributed by atoms with van der Waals surface area (Å²) in [4.78, 5) is 28.2. The van der Waals surface area contributed by atoms with Gasteiger partial charge in [-0.25, -0.2) is 0 Å². The molecular formula is C14H13N5O3S. The highest BCUT2D eigenvalue weighted by Gasteiger charge is 2.13. The Labute approximate surface area is 134 Å². The number of carbonyl (C=O) groups is 2. The summed E-state index contributed by atoms with van der Waals surface area (Å²) >= 11 is 1.31. The minimum Gasteiger partial charge on any atom is -0.458 e. The van der Waals surface area contributed by atoms with E-state index in [-0.39, 0.29) is 18.4 Å². The van der Waals surface area contributed by atoms with Crippen LogP contribution < -0.4 is 10.6 Å². The van der Waals surface area contributed by atoms with Gasteiger partial charge in [-0.1, -0.05) is 6.07 Å². The van der Waals surface area contributed by atoms with Crippen LogP contribution in [0.5, 0.6) is 0 Å². The molecule has 0 unspecified atom stereocenters. The second-order valence-corrected chi connectivity index (χ2v) is 5.57. The number of hydrogen-bond acceptors (Lipinski definition) is 6. The molecule has 0 bridgehead atoms. The van der Waals surface area contributed by atoms with Gasteiger partial charge < -0.3 is 9.73 Å². The maximum atomic E-state index is 11.8. The first kappa shape index (κ1) is 15.0. The van der Waals surface area contributed by atoms with Gasteiger partial charge in [-0.15, -0.1) is 16.4 Å². The number of H-pyrrole nitrogens is 1. The molecule has 3 aromatic rings. The Morgan fingerprint density at radius 1 is 1.35 bits per heavy atom. The van der Waals surface area contributed by atoms with Gasteiger partial charge in [0.05, 0.1) is 11.4 Å². The van der Waals surface area contributed by atoms with Gasteiger partial charge in [-0.05, 0) is 30.5 Å². The predicted octanol–water partition coefficient (Wildman–Crippen LogP) is 1.80. The van der Waals surface area contributed by atoms with Crippen LogP contribution in [0.25, 0.3) is 11.6 Å². The van der Waals surface area contributed by atoms with Crippen molar-refractivity contribution in [1.82, 2.24) is 20.5 Å². The number of rotatable bonds is 5. The van der Waals surface area contributed by atoms with Crippen molar-refractivity contribution in [2.75, 3.05) is 11.9 Å². The van der Waals surface area contributed by atoms with E-state index in [0.29, 0.717) is 16.5 Å². The third-order valence-electron chi connectivity index (χ3n) is 2.86. The molecule has 118 valence electrons. The standard InChI is InChI=1S/C14H13N5O3S/c1-8-4-5-9(22-8)12-17-14(19-18-12)16-11(20)7-15-13(21)10-3-2-6-23-10/h2-6H,7H2,1H3,(H,15,21)(H2,16,17,18,19,20). The Balaban J connectivity index is 1.54. The molecular weight excluding hydrogens is 318 g/mol.